The summed E-state index contributed by atoms with van der Waals surface area (Å²) < 4.78 is 11.7. The fourth-order valence-corrected chi connectivity index (χ4v) is 2.44. The number of hydrogen-bond acceptors (Lipinski definition) is 5. The smallest absolute Gasteiger partial charge is 0.326 e. The average Bonchev–Trinajstić information content (AvgIpc) is 2.27. The normalized spacial score (nSPS) is 19.0. The van der Waals surface area contributed by atoms with Gasteiger partial charge in [-0.2, -0.15) is 0 Å². The molecule has 0 fully saturated rings. The van der Waals surface area contributed by atoms with Crippen molar-refractivity contribution in [3.05, 3.63) is 0 Å². The van der Waals surface area contributed by atoms with Gasteiger partial charge >= 0.3 is 5.97 Å². The molecule has 0 saturated heterocycles. The molecule has 0 aliphatic heterocycles. The van der Waals surface area contributed by atoms with Crippen molar-refractivity contribution in [1.82, 2.24) is 5.32 Å². The second-order valence-electron chi connectivity index (χ2n) is 4.47. The number of carbonyl (C=O) groups excluding carboxylic acids is 1. The molecule has 4 atom stereocenters. The lowest BCUT2D eigenvalue weighted by Gasteiger charge is -2.22. The molecule has 112 valence electrons. The summed E-state index contributed by atoms with van der Waals surface area (Å²) in [4.78, 5) is 32.1. The first-order chi connectivity index (χ1) is 8.61. The van der Waals surface area contributed by atoms with Gasteiger partial charge in [0, 0.05) is 0 Å². The highest BCUT2D eigenvalue weighted by Crippen LogP contribution is 2.44. The molecule has 7 N–H and O–H groups in total. The van der Waals surface area contributed by atoms with Crippen LogP contribution in [0.3, 0.4) is 0 Å². The second kappa shape index (κ2) is 7.59. The Balaban J connectivity index is 4.73. The van der Waals surface area contributed by atoms with Gasteiger partial charge in [0.1, 0.15) is 6.04 Å². The Morgan fingerprint density at radius 1 is 1.37 bits per heavy atom. The van der Waals surface area contributed by atoms with Crippen LogP contribution < -0.4 is 16.8 Å². The van der Waals surface area contributed by atoms with Gasteiger partial charge in [0.2, 0.25) is 13.3 Å². The quantitative estimate of drug-likeness (QED) is 0.369. The Bertz CT molecular complexity index is 374. The highest BCUT2D eigenvalue weighted by Gasteiger charge is 2.33. The van der Waals surface area contributed by atoms with E-state index in [4.69, 9.17) is 16.6 Å². The number of hydrogen-bond donors (Lipinski definition) is 5. The Morgan fingerprint density at radius 3 is 2.26 bits per heavy atom. The largest absolute Gasteiger partial charge is 0.480 e. The Kier molecular flexibility index (Phi) is 7.21. The van der Waals surface area contributed by atoms with Crippen molar-refractivity contribution < 1.29 is 24.2 Å². The van der Waals surface area contributed by atoms with Gasteiger partial charge in [-0.1, -0.05) is 13.3 Å². The van der Waals surface area contributed by atoms with Crippen LogP contribution in [0.15, 0.2) is 0 Å². The Labute approximate surface area is 112 Å². The van der Waals surface area contributed by atoms with Crippen molar-refractivity contribution >= 4 is 19.2 Å². The van der Waals surface area contributed by atoms with Gasteiger partial charge < -0.3 is 26.8 Å². The van der Waals surface area contributed by atoms with Crippen LogP contribution in [0.4, 0.5) is 0 Å². The number of amides is 1. The van der Waals surface area contributed by atoms with Crippen molar-refractivity contribution in [3.8, 4) is 0 Å². The lowest BCUT2D eigenvalue weighted by Crippen LogP contribution is -2.50. The third-order valence-corrected chi connectivity index (χ3v) is 4.79. The van der Waals surface area contributed by atoms with Gasteiger partial charge in [-0.3, -0.25) is 9.36 Å². The van der Waals surface area contributed by atoms with E-state index < -0.39 is 43.3 Å². The maximum atomic E-state index is 11.7. The van der Waals surface area contributed by atoms with Crippen LogP contribution in [-0.2, 0) is 14.2 Å². The zero-order valence-corrected chi connectivity index (χ0v) is 12.0. The molecule has 0 aromatic carbocycles. The molecule has 0 aromatic heterocycles. The first-order valence-electron chi connectivity index (χ1n) is 5.97. The summed E-state index contributed by atoms with van der Waals surface area (Å²) in [6.45, 7) is 3.14. The zero-order chi connectivity index (χ0) is 15.2. The van der Waals surface area contributed by atoms with Crippen molar-refractivity contribution in [3.63, 3.8) is 0 Å². The fourth-order valence-electron chi connectivity index (χ4n) is 1.33. The highest BCUT2D eigenvalue weighted by atomic mass is 31.2. The molecule has 0 radical (unpaired) electrons. The minimum atomic E-state index is -3.83. The number of carboxylic acids is 1. The second-order valence-corrected chi connectivity index (χ2v) is 7.16. The van der Waals surface area contributed by atoms with Gasteiger partial charge in [-0.05, 0) is 13.3 Å². The van der Waals surface area contributed by atoms with E-state index in [1.807, 2.05) is 6.92 Å². The molecular weight excluding hydrogens is 273 g/mol. The molecule has 0 aromatic rings. The summed E-state index contributed by atoms with van der Waals surface area (Å²) in [5.74, 6) is -3.11. The van der Waals surface area contributed by atoms with Crippen LogP contribution in [0.25, 0.3) is 0 Å². The van der Waals surface area contributed by atoms with E-state index in [1.165, 1.54) is 6.92 Å². The number of nitrogens with two attached hydrogens (primary N) is 2. The fraction of sp³-hybridized carbons (Fsp3) is 0.800. The SMILES string of the molecule is CCC[C@@H](N)C(=O)NC(CP(=O)(O)C(C)N)C(=O)O. The lowest BCUT2D eigenvalue weighted by molar-refractivity contribution is -0.141. The third-order valence-electron chi connectivity index (χ3n) is 2.63. The van der Waals surface area contributed by atoms with Gasteiger partial charge in [-0.25, -0.2) is 4.79 Å². The van der Waals surface area contributed by atoms with Gasteiger partial charge in [0.25, 0.3) is 0 Å². The van der Waals surface area contributed by atoms with E-state index >= 15 is 0 Å². The molecule has 0 heterocycles. The van der Waals surface area contributed by atoms with E-state index in [9.17, 15) is 19.0 Å². The van der Waals surface area contributed by atoms with E-state index in [2.05, 4.69) is 5.32 Å². The van der Waals surface area contributed by atoms with Gasteiger partial charge in [-0.15, -0.1) is 0 Å². The van der Waals surface area contributed by atoms with Gasteiger partial charge in [0.05, 0.1) is 18.0 Å². The van der Waals surface area contributed by atoms with Gasteiger partial charge in [0.15, 0.2) is 0 Å². The predicted octanol–water partition coefficient (Wildman–Crippen LogP) is -0.742. The molecule has 0 saturated carbocycles. The molecule has 8 nitrogen and oxygen atoms in total. The molecule has 0 spiro atoms. The van der Waals surface area contributed by atoms with Crippen molar-refractivity contribution in [2.75, 3.05) is 6.16 Å². The average molecular weight is 295 g/mol. The number of rotatable bonds is 8. The minimum Gasteiger partial charge on any atom is -0.480 e. The molecule has 0 aliphatic carbocycles. The third kappa shape index (κ3) is 6.15. The first kappa shape index (κ1) is 18.0. The summed E-state index contributed by atoms with van der Waals surface area (Å²) in [5, 5.41) is 11.1. The molecule has 19 heavy (non-hydrogen) atoms. The van der Waals surface area contributed by atoms with Crippen molar-refractivity contribution in [1.29, 1.82) is 0 Å². The molecule has 0 aliphatic rings. The predicted molar refractivity (Wildman–Crippen MR) is 70.8 cm³/mol. The zero-order valence-electron chi connectivity index (χ0n) is 11.1. The van der Waals surface area contributed by atoms with Crippen molar-refractivity contribution in [2.24, 2.45) is 11.5 Å². The maximum absolute atomic E-state index is 11.7. The summed E-state index contributed by atoms with van der Waals surface area (Å²) >= 11 is 0. The molecule has 0 bridgehead atoms. The number of nitrogens with one attached hydrogen (secondary N) is 1. The van der Waals surface area contributed by atoms with Crippen LogP contribution in [-0.4, -0.2) is 45.9 Å². The van der Waals surface area contributed by atoms with E-state index in [1.54, 1.807) is 0 Å². The summed E-state index contributed by atoms with van der Waals surface area (Å²) in [5.41, 5.74) is 10.9. The van der Waals surface area contributed by atoms with E-state index in [0.717, 1.165) is 0 Å². The lowest BCUT2D eigenvalue weighted by atomic mass is 10.1. The van der Waals surface area contributed by atoms with Crippen LogP contribution in [0.2, 0.25) is 0 Å². The first-order valence-corrected chi connectivity index (χ1v) is 7.89. The maximum Gasteiger partial charge on any atom is 0.326 e. The molecule has 3 unspecified atom stereocenters. The Hall–Kier alpha value is -0.950. The Morgan fingerprint density at radius 2 is 1.89 bits per heavy atom. The number of carboxylic acid groups (broad SMARTS) is 1. The molecule has 0 rings (SSSR count). The number of carbonyl (C=O) groups is 2. The highest BCUT2D eigenvalue weighted by molar-refractivity contribution is 7.58. The number of aliphatic carboxylic acids is 1. The van der Waals surface area contributed by atoms with Crippen LogP contribution >= 0.6 is 7.37 Å². The van der Waals surface area contributed by atoms with Crippen molar-refractivity contribution in [2.45, 2.75) is 44.6 Å². The summed E-state index contributed by atoms with van der Waals surface area (Å²) in [6.07, 6.45) is 0.456. The van der Waals surface area contributed by atoms with E-state index in [-0.39, 0.29) is 0 Å². The standard InChI is InChI=1S/C10H22N3O5P/c1-3-4-7(12)9(14)13-8(10(15)16)5-19(17,18)6(2)11/h6-8H,3-5,11-12H2,1-2H3,(H,13,14)(H,15,16)(H,17,18)/t6?,7-,8?/m1/s1. The van der Waals surface area contributed by atoms with Crippen LogP contribution in [0, 0.1) is 0 Å². The topological polar surface area (TPSA) is 156 Å². The summed E-state index contributed by atoms with van der Waals surface area (Å²) in [7, 11) is -3.83. The molecule has 9 heteroatoms. The minimum absolute atomic E-state index is 0.405. The monoisotopic (exact) mass is 295 g/mol. The van der Waals surface area contributed by atoms with Crippen LogP contribution in [0.5, 0.6) is 0 Å². The molecular formula is C10H22N3O5P. The van der Waals surface area contributed by atoms with Crippen LogP contribution in [0.1, 0.15) is 26.7 Å². The summed E-state index contributed by atoms with van der Waals surface area (Å²) in [6, 6.07) is -2.31. The van der Waals surface area contributed by atoms with E-state index in [0.29, 0.717) is 12.8 Å². The molecule has 1 amide bonds.